The van der Waals surface area contributed by atoms with Gasteiger partial charge in [0.25, 0.3) is 0 Å². The van der Waals surface area contributed by atoms with Crippen LogP contribution in [0.3, 0.4) is 0 Å². The standard InChI is InChI=1S/C14H18N4OS/c1-2-12-14(20-18-17-12)13(16-15)9-3-5-10(6-4-9)19-11-7-8-11/h3-6,11,13,16H,2,7-8,15H2,1H3. The molecule has 0 radical (unpaired) electrons. The van der Waals surface area contributed by atoms with Crippen LogP contribution in [-0.2, 0) is 6.42 Å². The number of hydrazine groups is 1. The minimum atomic E-state index is -0.0695. The molecule has 1 aromatic carbocycles. The molecule has 0 aliphatic heterocycles. The van der Waals surface area contributed by atoms with E-state index in [0.29, 0.717) is 6.10 Å². The van der Waals surface area contributed by atoms with Crippen LogP contribution in [0.5, 0.6) is 5.75 Å². The molecule has 0 spiro atoms. The minimum absolute atomic E-state index is 0.0695. The zero-order valence-corrected chi connectivity index (χ0v) is 12.2. The Kier molecular flexibility index (Phi) is 3.95. The molecule has 3 N–H and O–H groups in total. The zero-order valence-electron chi connectivity index (χ0n) is 11.4. The van der Waals surface area contributed by atoms with E-state index in [0.717, 1.165) is 28.3 Å². The first-order chi connectivity index (χ1) is 9.81. The first-order valence-electron chi connectivity index (χ1n) is 6.85. The van der Waals surface area contributed by atoms with E-state index in [1.807, 2.05) is 24.3 Å². The minimum Gasteiger partial charge on any atom is -0.490 e. The molecule has 1 aromatic heterocycles. The molecule has 0 saturated heterocycles. The van der Waals surface area contributed by atoms with E-state index in [9.17, 15) is 0 Å². The van der Waals surface area contributed by atoms with Gasteiger partial charge in [0.05, 0.1) is 22.7 Å². The Morgan fingerprint density at radius 1 is 1.40 bits per heavy atom. The lowest BCUT2D eigenvalue weighted by atomic mass is 10.0. The van der Waals surface area contributed by atoms with Crippen LogP contribution in [0.15, 0.2) is 24.3 Å². The Balaban J connectivity index is 1.81. The molecule has 0 amide bonds. The number of hydrogen-bond acceptors (Lipinski definition) is 6. The van der Waals surface area contributed by atoms with E-state index in [1.54, 1.807) is 0 Å². The van der Waals surface area contributed by atoms with Gasteiger partial charge in [0, 0.05) is 0 Å². The zero-order chi connectivity index (χ0) is 13.9. The smallest absolute Gasteiger partial charge is 0.119 e. The highest BCUT2D eigenvalue weighted by molar-refractivity contribution is 7.05. The number of nitrogens with two attached hydrogens (primary N) is 1. The van der Waals surface area contributed by atoms with Crippen molar-refractivity contribution in [3.63, 3.8) is 0 Å². The Labute approximate surface area is 122 Å². The number of aryl methyl sites for hydroxylation is 1. The van der Waals surface area contributed by atoms with Crippen molar-refractivity contribution in [1.29, 1.82) is 0 Å². The molecule has 1 heterocycles. The summed E-state index contributed by atoms with van der Waals surface area (Å²) in [5.41, 5.74) is 4.95. The predicted molar refractivity (Wildman–Crippen MR) is 78.5 cm³/mol. The van der Waals surface area contributed by atoms with E-state index in [2.05, 4.69) is 21.9 Å². The van der Waals surface area contributed by atoms with Gasteiger partial charge in [0.1, 0.15) is 5.75 Å². The fourth-order valence-electron chi connectivity index (χ4n) is 2.12. The van der Waals surface area contributed by atoms with Gasteiger partial charge in [-0.3, -0.25) is 5.84 Å². The Bertz CT molecular complexity index is 565. The lowest BCUT2D eigenvalue weighted by Crippen LogP contribution is -2.28. The lowest BCUT2D eigenvalue weighted by Gasteiger charge is -2.16. The van der Waals surface area contributed by atoms with E-state index in [4.69, 9.17) is 10.6 Å². The predicted octanol–water partition coefficient (Wildman–Crippen LogP) is 2.19. The van der Waals surface area contributed by atoms with Crippen LogP contribution in [-0.4, -0.2) is 15.7 Å². The second kappa shape index (κ2) is 5.87. The fourth-order valence-corrected chi connectivity index (χ4v) is 2.95. The molecule has 0 bridgehead atoms. The van der Waals surface area contributed by atoms with Crippen molar-refractivity contribution in [2.45, 2.75) is 38.3 Å². The van der Waals surface area contributed by atoms with Gasteiger partial charge < -0.3 is 4.74 Å². The van der Waals surface area contributed by atoms with Crippen LogP contribution in [0.2, 0.25) is 0 Å². The first-order valence-corrected chi connectivity index (χ1v) is 7.63. The molecule has 1 fully saturated rings. The van der Waals surface area contributed by atoms with Crippen molar-refractivity contribution in [1.82, 2.24) is 15.0 Å². The van der Waals surface area contributed by atoms with Crippen LogP contribution in [0.4, 0.5) is 0 Å². The molecule has 1 unspecified atom stereocenters. The van der Waals surface area contributed by atoms with Crippen LogP contribution in [0.1, 0.15) is 41.9 Å². The summed E-state index contributed by atoms with van der Waals surface area (Å²) in [5.74, 6) is 6.64. The molecular formula is C14H18N4OS. The van der Waals surface area contributed by atoms with Crippen molar-refractivity contribution >= 4 is 11.5 Å². The van der Waals surface area contributed by atoms with Crippen LogP contribution < -0.4 is 16.0 Å². The fraction of sp³-hybridized carbons (Fsp3) is 0.429. The Morgan fingerprint density at radius 2 is 2.15 bits per heavy atom. The van der Waals surface area contributed by atoms with E-state index < -0.39 is 0 Å². The molecular weight excluding hydrogens is 272 g/mol. The van der Waals surface area contributed by atoms with E-state index in [1.165, 1.54) is 24.4 Å². The maximum atomic E-state index is 5.76. The molecule has 3 rings (SSSR count). The van der Waals surface area contributed by atoms with Gasteiger partial charge in [-0.2, -0.15) is 0 Å². The SMILES string of the molecule is CCc1nnsc1C(NN)c1ccc(OC2CC2)cc1. The summed E-state index contributed by atoms with van der Waals surface area (Å²) < 4.78 is 9.78. The summed E-state index contributed by atoms with van der Waals surface area (Å²) in [7, 11) is 0. The summed E-state index contributed by atoms with van der Waals surface area (Å²) in [6, 6.07) is 8.01. The van der Waals surface area contributed by atoms with Gasteiger partial charge in [0.2, 0.25) is 0 Å². The van der Waals surface area contributed by atoms with Crippen molar-refractivity contribution in [2.24, 2.45) is 5.84 Å². The van der Waals surface area contributed by atoms with Crippen LogP contribution >= 0.6 is 11.5 Å². The summed E-state index contributed by atoms with van der Waals surface area (Å²) in [6.07, 6.45) is 3.61. The average Bonchev–Trinajstić information content (AvgIpc) is 3.17. The van der Waals surface area contributed by atoms with E-state index >= 15 is 0 Å². The molecule has 1 saturated carbocycles. The monoisotopic (exact) mass is 290 g/mol. The van der Waals surface area contributed by atoms with Crippen molar-refractivity contribution < 1.29 is 4.74 Å². The first kappa shape index (κ1) is 13.5. The van der Waals surface area contributed by atoms with Gasteiger partial charge in [-0.05, 0) is 48.5 Å². The number of aromatic nitrogens is 2. The molecule has 1 atom stereocenters. The molecule has 1 aliphatic rings. The summed E-state index contributed by atoms with van der Waals surface area (Å²) in [4.78, 5) is 1.07. The number of nitrogens with zero attached hydrogens (tertiary/aromatic N) is 2. The molecule has 106 valence electrons. The van der Waals surface area contributed by atoms with Gasteiger partial charge in [0.15, 0.2) is 0 Å². The normalized spacial score (nSPS) is 16.1. The van der Waals surface area contributed by atoms with Gasteiger partial charge >= 0.3 is 0 Å². The largest absolute Gasteiger partial charge is 0.490 e. The third-order valence-corrected chi connectivity index (χ3v) is 4.22. The summed E-state index contributed by atoms with van der Waals surface area (Å²) in [5, 5.41) is 4.14. The quantitative estimate of drug-likeness (QED) is 0.630. The summed E-state index contributed by atoms with van der Waals surface area (Å²) >= 11 is 1.39. The highest BCUT2D eigenvalue weighted by atomic mass is 32.1. The van der Waals surface area contributed by atoms with Gasteiger partial charge in [-0.25, -0.2) is 5.43 Å². The highest BCUT2D eigenvalue weighted by Crippen LogP contribution is 2.30. The van der Waals surface area contributed by atoms with Crippen LogP contribution in [0.25, 0.3) is 0 Å². The number of hydrogen-bond donors (Lipinski definition) is 2. The Hall–Kier alpha value is -1.50. The molecule has 6 heteroatoms. The maximum absolute atomic E-state index is 5.76. The molecule has 20 heavy (non-hydrogen) atoms. The second-order valence-corrected chi connectivity index (χ2v) is 5.71. The third kappa shape index (κ3) is 2.82. The number of benzene rings is 1. The van der Waals surface area contributed by atoms with Crippen molar-refractivity contribution in [3.05, 3.63) is 40.4 Å². The second-order valence-electron chi connectivity index (χ2n) is 4.92. The van der Waals surface area contributed by atoms with Crippen LogP contribution in [0, 0.1) is 0 Å². The Morgan fingerprint density at radius 3 is 2.75 bits per heavy atom. The summed E-state index contributed by atoms with van der Waals surface area (Å²) in [6.45, 7) is 2.07. The van der Waals surface area contributed by atoms with Crippen molar-refractivity contribution in [2.75, 3.05) is 0 Å². The number of nitrogens with one attached hydrogen (secondary N) is 1. The van der Waals surface area contributed by atoms with Gasteiger partial charge in [-0.15, -0.1) is 5.10 Å². The number of rotatable bonds is 6. The van der Waals surface area contributed by atoms with Crippen molar-refractivity contribution in [3.8, 4) is 5.75 Å². The van der Waals surface area contributed by atoms with E-state index in [-0.39, 0.29) is 6.04 Å². The third-order valence-electron chi connectivity index (χ3n) is 3.39. The average molecular weight is 290 g/mol. The van der Waals surface area contributed by atoms with Gasteiger partial charge in [-0.1, -0.05) is 23.5 Å². The highest BCUT2D eigenvalue weighted by Gasteiger charge is 2.24. The number of ether oxygens (including phenoxy) is 1. The molecule has 5 nitrogen and oxygen atoms in total. The lowest BCUT2D eigenvalue weighted by molar-refractivity contribution is 0.303. The molecule has 1 aliphatic carbocycles. The maximum Gasteiger partial charge on any atom is 0.119 e. The topological polar surface area (TPSA) is 73.1 Å². The molecule has 2 aromatic rings.